The second-order valence-corrected chi connectivity index (χ2v) is 5.33. The largest absolute Gasteiger partial charge is 0.465 e. The molecule has 8 heteroatoms. The lowest BCUT2D eigenvalue weighted by molar-refractivity contribution is 0.0600. The smallest absolute Gasteiger partial charge is 0.339 e. The number of carbonyl (C=O) groups excluding carboxylic acids is 1. The summed E-state index contributed by atoms with van der Waals surface area (Å²) in [6, 6.07) is 7.20. The molecule has 24 heavy (non-hydrogen) atoms. The van der Waals surface area contributed by atoms with Crippen LogP contribution >= 0.6 is 0 Å². The Labute approximate surface area is 135 Å². The number of ether oxygens (including phenoxy) is 1. The molecule has 1 N–H and O–H groups in total. The number of aromatic nitrogens is 5. The molecule has 3 heterocycles. The van der Waals surface area contributed by atoms with Gasteiger partial charge in [0.25, 0.3) is 5.56 Å². The Morgan fingerprint density at radius 3 is 2.83 bits per heavy atom. The van der Waals surface area contributed by atoms with Gasteiger partial charge >= 0.3 is 5.97 Å². The van der Waals surface area contributed by atoms with Crippen molar-refractivity contribution in [2.45, 2.75) is 6.92 Å². The first-order valence-electron chi connectivity index (χ1n) is 7.23. The summed E-state index contributed by atoms with van der Waals surface area (Å²) in [5, 5.41) is 7.72. The summed E-state index contributed by atoms with van der Waals surface area (Å²) in [4.78, 5) is 28.8. The molecule has 0 radical (unpaired) electrons. The van der Waals surface area contributed by atoms with Crippen molar-refractivity contribution in [3.63, 3.8) is 0 Å². The first kappa shape index (κ1) is 14.2. The number of para-hydroxylation sites is 1. The Kier molecular flexibility index (Phi) is 2.99. The zero-order chi connectivity index (χ0) is 16.8. The molecule has 8 nitrogen and oxygen atoms in total. The van der Waals surface area contributed by atoms with Crippen molar-refractivity contribution < 1.29 is 9.53 Å². The molecule has 0 saturated carbocycles. The van der Waals surface area contributed by atoms with Crippen molar-refractivity contribution in [1.82, 2.24) is 24.4 Å². The molecular weight excluding hydrogens is 310 g/mol. The fourth-order valence-corrected chi connectivity index (χ4v) is 2.83. The van der Waals surface area contributed by atoms with Crippen LogP contribution in [0.5, 0.6) is 0 Å². The van der Waals surface area contributed by atoms with Gasteiger partial charge in [0.1, 0.15) is 11.8 Å². The molecule has 0 fully saturated rings. The lowest BCUT2D eigenvalue weighted by Crippen LogP contribution is -2.17. The number of aromatic amines is 1. The minimum Gasteiger partial charge on any atom is -0.465 e. The first-order chi connectivity index (χ1) is 11.6. The number of nitrogens with one attached hydrogen (secondary N) is 1. The van der Waals surface area contributed by atoms with Gasteiger partial charge in [-0.1, -0.05) is 12.1 Å². The minimum atomic E-state index is -0.465. The van der Waals surface area contributed by atoms with Crippen LogP contribution in [-0.4, -0.2) is 37.5 Å². The summed E-state index contributed by atoms with van der Waals surface area (Å²) in [6.07, 6.45) is 2.90. The topological polar surface area (TPSA) is 94.3 Å². The maximum atomic E-state index is 12.7. The molecular formula is C16H13N5O3. The summed E-state index contributed by atoms with van der Waals surface area (Å²) in [5.74, 6) is -0.0909. The van der Waals surface area contributed by atoms with E-state index in [4.69, 9.17) is 4.74 Å². The van der Waals surface area contributed by atoms with Crippen LogP contribution in [0.25, 0.3) is 22.2 Å². The lowest BCUT2D eigenvalue weighted by Gasteiger charge is -2.04. The van der Waals surface area contributed by atoms with Gasteiger partial charge in [0, 0.05) is 6.20 Å². The third-order valence-electron chi connectivity index (χ3n) is 4.02. The number of hydrogen-bond acceptors (Lipinski definition) is 5. The van der Waals surface area contributed by atoms with E-state index in [1.165, 1.54) is 22.6 Å². The van der Waals surface area contributed by atoms with Crippen molar-refractivity contribution >= 4 is 22.4 Å². The van der Waals surface area contributed by atoms with Gasteiger partial charge in [-0.3, -0.25) is 9.89 Å². The highest BCUT2D eigenvalue weighted by Crippen LogP contribution is 2.22. The van der Waals surface area contributed by atoms with Gasteiger partial charge in [-0.2, -0.15) is 9.78 Å². The molecule has 0 amide bonds. The summed E-state index contributed by atoms with van der Waals surface area (Å²) in [6.45, 7) is 1.77. The average Bonchev–Trinajstić information content (AvgIpc) is 3.12. The van der Waals surface area contributed by atoms with Crippen LogP contribution in [0.15, 0.2) is 41.6 Å². The van der Waals surface area contributed by atoms with E-state index in [0.717, 1.165) is 0 Å². The maximum Gasteiger partial charge on any atom is 0.339 e. The average molecular weight is 323 g/mol. The molecule has 0 bridgehead atoms. The molecule has 4 aromatic rings. The third-order valence-corrected chi connectivity index (χ3v) is 4.02. The molecule has 0 aliphatic heterocycles. The quantitative estimate of drug-likeness (QED) is 0.564. The number of H-pyrrole nitrogens is 1. The van der Waals surface area contributed by atoms with Gasteiger partial charge in [0.05, 0.1) is 23.6 Å². The van der Waals surface area contributed by atoms with Crippen LogP contribution in [0.1, 0.15) is 15.9 Å². The van der Waals surface area contributed by atoms with E-state index in [0.29, 0.717) is 33.4 Å². The number of esters is 1. The highest BCUT2D eigenvalue weighted by molar-refractivity contribution is 5.94. The number of carbonyl (C=O) groups is 1. The Morgan fingerprint density at radius 1 is 1.29 bits per heavy atom. The number of rotatable bonds is 2. The van der Waals surface area contributed by atoms with E-state index in [1.807, 2.05) is 12.1 Å². The van der Waals surface area contributed by atoms with Crippen molar-refractivity contribution in [2.24, 2.45) is 0 Å². The zero-order valence-corrected chi connectivity index (χ0v) is 13.0. The molecule has 0 atom stereocenters. The fourth-order valence-electron chi connectivity index (χ4n) is 2.83. The van der Waals surface area contributed by atoms with Gasteiger partial charge in [0.15, 0.2) is 5.82 Å². The van der Waals surface area contributed by atoms with Gasteiger partial charge in [-0.15, -0.1) is 0 Å². The van der Waals surface area contributed by atoms with Crippen molar-refractivity contribution in [1.29, 1.82) is 0 Å². The van der Waals surface area contributed by atoms with Crippen LogP contribution in [0.2, 0.25) is 0 Å². The first-order valence-corrected chi connectivity index (χ1v) is 7.23. The molecule has 0 aliphatic rings. The zero-order valence-electron chi connectivity index (χ0n) is 13.0. The number of fused-ring (bicyclic) bond motifs is 2. The number of nitrogens with zero attached hydrogens (tertiary/aromatic N) is 4. The fraction of sp³-hybridized carbons (Fsp3) is 0.125. The van der Waals surface area contributed by atoms with Gasteiger partial charge in [-0.25, -0.2) is 14.3 Å². The van der Waals surface area contributed by atoms with Crippen LogP contribution in [0.3, 0.4) is 0 Å². The monoisotopic (exact) mass is 323 g/mol. The summed E-state index contributed by atoms with van der Waals surface area (Å²) in [7, 11) is 1.32. The van der Waals surface area contributed by atoms with Crippen LogP contribution in [-0.2, 0) is 4.74 Å². The molecule has 0 saturated heterocycles. The normalized spacial score (nSPS) is 11.2. The number of benzene rings is 1. The van der Waals surface area contributed by atoms with Gasteiger partial charge in [-0.05, 0) is 24.6 Å². The number of aryl methyl sites for hydroxylation is 1. The van der Waals surface area contributed by atoms with Crippen LogP contribution < -0.4 is 5.56 Å². The maximum absolute atomic E-state index is 12.7. The van der Waals surface area contributed by atoms with E-state index >= 15 is 0 Å². The Hall–Kier alpha value is -3.42. The van der Waals surface area contributed by atoms with E-state index < -0.39 is 5.97 Å². The Balaban J connectivity index is 2.06. The van der Waals surface area contributed by atoms with Crippen molar-refractivity contribution in [2.75, 3.05) is 7.11 Å². The highest BCUT2D eigenvalue weighted by Gasteiger charge is 2.20. The molecule has 120 valence electrons. The van der Waals surface area contributed by atoms with Gasteiger partial charge < -0.3 is 4.74 Å². The summed E-state index contributed by atoms with van der Waals surface area (Å²) >= 11 is 0. The highest BCUT2D eigenvalue weighted by atomic mass is 16.5. The lowest BCUT2D eigenvalue weighted by atomic mass is 10.2. The third kappa shape index (κ3) is 1.86. The Bertz CT molecular complexity index is 1150. The van der Waals surface area contributed by atoms with E-state index in [2.05, 4.69) is 15.2 Å². The van der Waals surface area contributed by atoms with Crippen molar-refractivity contribution in [3.05, 3.63) is 58.3 Å². The number of hydrogen-bond donors (Lipinski definition) is 1. The van der Waals surface area contributed by atoms with E-state index in [9.17, 15) is 9.59 Å². The minimum absolute atomic E-state index is 0.216. The predicted molar refractivity (Wildman–Crippen MR) is 86.5 cm³/mol. The molecule has 4 rings (SSSR count). The molecule has 0 spiro atoms. The number of methoxy groups -OCH3 is 1. The molecule has 0 aliphatic carbocycles. The van der Waals surface area contributed by atoms with Gasteiger partial charge in [0.2, 0.25) is 0 Å². The second-order valence-electron chi connectivity index (χ2n) is 5.33. The predicted octanol–water partition coefficient (Wildman–Crippen LogP) is 1.46. The van der Waals surface area contributed by atoms with E-state index in [1.54, 1.807) is 25.3 Å². The molecule has 3 aromatic heterocycles. The summed E-state index contributed by atoms with van der Waals surface area (Å²) in [5.41, 5.74) is 2.07. The van der Waals surface area contributed by atoms with Crippen LogP contribution in [0.4, 0.5) is 0 Å². The molecule has 1 aromatic carbocycles. The summed E-state index contributed by atoms with van der Waals surface area (Å²) < 4.78 is 7.66. The standard InChI is InChI=1S/C16H13N5O3/c1-9-11(16(23)24-2)7-20-13(9)14(17-8-18-20)21-15(22)10-5-3-4-6-12(10)19-21/h3-8,19H,1-2H3. The van der Waals surface area contributed by atoms with Crippen molar-refractivity contribution in [3.8, 4) is 5.82 Å². The van der Waals surface area contributed by atoms with E-state index in [-0.39, 0.29) is 5.56 Å². The SMILES string of the molecule is COC(=O)c1cn2ncnc(-n3[nH]c4ccccc4c3=O)c2c1C. The second kappa shape index (κ2) is 5.05. The van der Waals surface area contributed by atoms with Crippen LogP contribution in [0, 0.1) is 6.92 Å². The Morgan fingerprint density at radius 2 is 2.08 bits per heavy atom. The molecule has 0 unspecified atom stereocenters.